The quantitative estimate of drug-likeness (QED) is 0.434. The zero-order chi connectivity index (χ0) is 8.10. The third-order valence-corrected chi connectivity index (χ3v) is 1.53. The Morgan fingerprint density at radius 1 is 1.36 bits per heavy atom. The molecule has 0 saturated heterocycles. The smallest absolute Gasteiger partial charge is 0.118 e. The third kappa shape index (κ3) is 2.22. The lowest BCUT2D eigenvalue weighted by Gasteiger charge is -2.01. The number of aromatic hydroxyl groups is 1. The molecule has 4 N–H and O–H groups in total. The molecule has 0 aromatic heterocycles. The molecule has 3 nitrogen and oxygen atoms in total. The van der Waals surface area contributed by atoms with Crippen molar-refractivity contribution in [3.63, 3.8) is 0 Å². The number of para-hydroxylation sites is 1. The summed E-state index contributed by atoms with van der Waals surface area (Å²) < 4.78 is 0. The Kier molecular flexibility index (Phi) is 2.89. The van der Waals surface area contributed by atoms with E-state index in [1.54, 1.807) is 12.1 Å². The Morgan fingerprint density at radius 3 is 2.73 bits per heavy atom. The van der Waals surface area contributed by atoms with E-state index in [1.165, 1.54) is 0 Å². The van der Waals surface area contributed by atoms with Gasteiger partial charge in [-0.3, -0.25) is 11.3 Å². The Labute approximate surface area is 65.8 Å². The van der Waals surface area contributed by atoms with E-state index in [-0.39, 0.29) is 0 Å². The molecule has 1 aromatic carbocycles. The van der Waals surface area contributed by atoms with Crippen molar-refractivity contribution in [1.82, 2.24) is 5.43 Å². The highest BCUT2D eigenvalue weighted by Gasteiger charge is 1.96. The van der Waals surface area contributed by atoms with E-state index in [9.17, 15) is 5.11 Å². The van der Waals surface area contributed by atoms with Crippen molar-refractivity contribution in [2.24, 2.45) is 5.84 Å². The van der Waals surface area contributed by atoms with Crippen LogP contribution in [-0.2, 0) is 6.42 Å². The lowest BCUT2D eigenvalue weighted by Crippen LogP contribution is -2.24. The number of phenolic OH excluding ortho intramolecular Hbond substituents is 1. The van der Waals surface area contributed by atoms with Gasteiger partial charge in [0.1, 0.15) is 5.75 Å². The molecule has 11 heavy (non-hydrogen) atoms. The number of nitrogens with one attached hydrogen (secondary N) is 1. The van der Waals surface area contributed by atoms with Crippen molar-refractivity contribution < 1.29 is 5.11 Å². The average molecular weight is 152 g/mol. The van der Waals surface area contributed by atoms with E-state index in [2.05, 4.69) is 5.43 Å². The van der Waals surface area contributed by atoms with Gasteiger partial charge in [-0.05, 0) is 18.1 Å². The van der Waals surface area contributed by atoms with Gasteiger partial charge < -0.3 is 5.11 Å². The first-order chi connectivity index (χ1) is 5.34. The number of hydrogen-bond acceptors (Lipinski definition) is 3. The van der Waals surface area contributed by atoms with E-state index in [0.29, 0.717) is 12.3 Å². The van der Waals surface area contributed by atoms with E-state index in [1.807, 2.05) is 12.1 Å². The highest BCUT2D eigenvalue weighted by molar-refractivity contribution is 5.31. The minimum atomic E-state index is 0.336. The number of benzene rings is 1. The molecule has 0 spiro atoms. The first-order valence-electron chi connectivity index (χ1n) is 3.55. The monoisotopic (exact) mass is 152 g/mol. The molecule has 60 valence electrons. The minimum Gasteiger partial charge on any atom is -0.508 e. The normalized spacial score (nSPS) is 9.91. The second-order valence-electron chi connectivity index (χ2n) is 2.33. The van der Waals surface area contributed by atoms with E-state index in [4.69, 9.17) is 5.84 Å². The van der Waals surface area contributed by atoms with Crippen LogP contribution in [0.15, 0.2) is 24.3 Å². The minimum absolute atomic E-state index is 0.336. The molecule has 0 aliphatic rings. The Hall–Kier alpha value is -1.06. The van der Waals surface area contributed by atoms with Crippen LogP contribution in [0.4, 0.5) is 0 Å². The average Bonchev–Trinajstić information content (AvgIpc) is 2.03. The van der Waals surface area contributed by atoms with Gasteiger partial charge in [0.2, 0.25) is 0 Å². The SMILES string of the molecule is NNCCc1ccccc1O. The van der Waals surface area contributed by atoms with Crippen molar-refractivity contribution in [1.29, 1.82) is 0 Å². The molecule has 0 unspecified atom stereocenters. The van der Waals surface area contributed by atoms with Crippen LogP contribution in [0, 0.1) is 0 Å². The van der Waals surface area contributed by atoms with Gasteiger partial charge in [0.15, 0.2) is 0 Å². The van der Waals surface area contributed by atoms with Crippen molar-refractivity contribution in [2.75, 3.05) is 6.54 Å². The van der Waals surface area contributed by atoms with Gasteiger partial charge >= 0.3 is 0 Å². The Balaban J connectivity index is 2.62. The topological polar surface area (TPSA) is 58.3 Å². The number of hydrazine groups is 1. The van der Waals surface area contributed by atoms with Crippen LogP contribution in [0.1, 0.15) is 5.56 Å². The summed E-state index contributed by atoms with van der Waals surface area (Å²) in [6.45, 7) is 0.678. The van der Waals surface area contributed by atoms with Crippen LogP contribution < -0.4 is 11.3 Å². The fourth-order valence-corrected chi connectivity index (χ4v) is 0.929. The molecule has 0 radical (unpaired) electrons. The highest BCUT2D eigenvalue weighted by atomic mass is 16.3. The predicted octanol–water partition coefficient (Wildman–Crippen LogP) is 0.398. The summed E-state index contributed by atoms with van der Waals surface area (Å²) in [6, 6.07) is 7.25. The molecule has 3 heteroatoms. The molecule has 0 amide bonds. The molecule has 0 bridgehead atoms. The van der Waals surface area contributed by atoms with Crippen molar-refractivity contribution in [3.05, 3.63) is 29.8 Å². The second kappa shape index (κ2) is 3.95. The summed E-state index contributed by atoms with van der Waals surface area (Å²) in [5.41, 5.74) is 3.45. The Morgan fingerprint density at radius 2 is 2.09 bits per heavy atom. The standard InChI is InChI=1S/C8H12N2O/c9-10-6-5-7-3-1-2-4-8(7)11/h1-4,10-11H,5-6,9H2. The third-order valence-electron chi connectivity index (χ3n) is 1.53. The van der Waals surface area contributed by atoms with Gasteiger partial charge in [-0.2, -0.15) is 0 Å². The number of hydrogen-bond donors (Lipinski definition) is 3. The molecule has 1 rings (SSSR count). The molecule has 0 fully saturated rings. The molecule has 0 atom stereocenters. The first-order valence-corrected chi connectivity index (χ1v) is 3.55. The van der Waals surface area contributed by atoms with E-state index >= 15 is 0 Å². The van der Waals surface area contributed by atoms with Gasteiger partial charge in [0.25, 0.3) is 0 Å². The molecular formula is C8H12N2O. The maximum absolute atomic E-state index is 9.27. The van der Waals surface area contributed by atoms with Crippen molar-refractivity contribution >= 4 is 0 Å². The van der Waals surface area contributed by atoms with Crippen LogP contribution in [0.2, 0.25) is 0 Å². The molecule has 0 aliphatic heterocycles. The van der Waals surface area contributed by atoms with Crippen molar-refractivity contribution in [3.8, 4) is 5.75 Å². The number of phenols is 1. The summed E-state index contributed by atoms with van der Waals surface area (Å²) in [6.07, 6.45) is 0.753. The van der Waals surface area contributed by atoms with Crippen molar-refractivity contribution in [2.45, 2.75) is 6.42 Å². The molecule has 0 aliphatic carbocycles. The van der Waals surface area contributed by atoms with Gasteiger partial charge in [-0.15, -0.1) is 0 Å². The zero-order valence-electron chi connectivity index (χ0n) is 6.25. The van der Waals surface area contributed by atoms with E-state index < -0.39 is 0 Å². The largest absolute Gasteiger partial charge is 0.508 e. The van der Waals surface area contributed by atoms with Gasteiger partial charge in [0, 0.05) is 6.54 Å². The lowest BCUT2D eigenvalue weighted by molar-refractivity contribution is 0.467. The van der Waals surface area contributed by atoms with Crippen LogP contribution in [0.3, 0.4) is 0 Å². The van der Waals surface area contributed by atoms with Crippen LogP contribution >= 0.6 is 0 Å². The maximum Gasteiger partial charge on any atom is 0.118 e. The van der Waals surface area contributed by atoms with Crippen LogP contribution in [0.5, 0.6) is 5.75 Å². The summed E-state index contributed by atoms with van der Waals surface area (Å²) in [7, 11) is 0. The fourth-order valence-electron chi connectivity index (χ4n) is 0.929. The summed E-state index contributed by atoms with van der Waals surface area (Å²) in [4.78, 5) is 0. The zero-order valence-corrected chi connectivity index (χ0v) is 6.25. The highest BCUT2D eigenvalue weighted by Crippen LogP contribution is 2.14. The van der Waals surface area contributed by atoms with Gasteiger partial charge in [-0.25, -0.2) is 0 Å². The summed E-state index contributed by atoms with van der Waals surface area (Å²) in [5, 5.41) is 9.27. The van der Waals surface area contributed by atoms with Gasteiger partial charge in [-0.1, -0.05) is 18.2 Å². The Bertz CT molecular complexity index is 225. The van der Waals surface area contributed by atoms with Crippen LogP contribution in [-0.4, -0.2) is 11.7 Å². The van der Waals surface area contributed by atoms with Crippen LogP contribution in [0.25, 0.3) is 0 Å². The molecule has 0 saturated carbocycles. The first kappa shape index (κ1) is 8.04. The molecule has 0 heterocycles. The summed E-state index contributed by atoms with van der Waals surface area (Å²) in [5.74, 6) is 5.43. The number of rotatable bonds is 3. The molecule has 1 aromatic rings. The van der Waals surface area contributed by atoms with Gasteiger partial charge in [0.05, 0.1) is 0 Å². The number of nitrogens with two attached hydrogens (primary N) is 1. The molecular weight excluding hydrogens is 140 g/mol. The lowest BCUT2D eigenvalue weighted by atomic mass is 10.1. The summed E-state index contributed by atoms with van der Waals surface area (Å²) >= 11 is 0. The fraction of sp³-hybridized carbons (Fsp3) is 0.250. The van der Waals surface area contributed by atoms with E-state index in [0.717, 1.165) is 12.0 Å². The predicted molar refractivity (Wildman–Crippen MR) is 44.0 cm³/mol. The second-order valence-corrected chi connectivity index (χ2v) is 2.33. The maximum atomic E-state index is 9.27.